The van der Waals surface area contributed by atoms with E-state index < -0.39 is 9.85 Å². The Labute approximate surface area is 138 Å². The first-order chi connectivity index (χ1) is 11.6. The molecule has 0 aliphatic rings. The van der Waals surface area contributed by atoms with Crippen LogP contribution in [0, 0.1) is 20.2 Å². The van der Waals surface area contributed by atoms with Crippen LogP contribution in [0.4, 0.5) is 22.7 Å². The summed E-state index contributed by atoms with van der Waals surface area (Å²) in [5.41, 5.74) is 1.86. The van der Waals surface area contributed by atoms with E-state index in [1.54, 1.807) is 24.3 Å². The molecule has 0 atom stereocenters. The molecule has 0 saturated heterocycles. The minimum Gasteiger partial charge on any atom is -0.385 e. The predicted octanol–water partition coefficient (Wildman–Crippen LogP) is 3.81. The lowest BCUT2D eigenvalue weighted by molar-refractivity contribution is -0.385. The third kappa shape index (κ3) is 5.24. The molecule has 0 aromatic heterocycles. The smallest absolute Gasteiger partial charge is 0.269 e. The molecule has 2 aromatic rings. The van der Waals surface area contributed by atoms with Crippen LogP contribution in [-0.2, 0) is 0 Å². The van der Waals surface area contributed by atoms with E-state index in [0.29, 0.717) is 0 Å². The fourth-order valence-electron chi connectivity index (χ4n) is 2.12. The van der Waals surface area contributed by atoms with Crippen LogP contribution >= 0.6 is 0 Å². The Hall–Kier alpha value is -3.16. The summed E-state index contributed by atoms with van der Waals surface area (Å²) in [6.45, 7) is 1.53. The lowest BCUT2D eigenvalue weighted by Gasteiger charge is -2.08. The number of benzene rings is 2. The van der Waals surface area contributed by atoms with E-state index in [0.717, 1.165) is 37.3 Å². The number of rotatable bonds is 9. The number of nitrogens with zero attached hydrogens (tertiary/aromatic N) is 2. The van der Waals surface area contributed by atoms with E-state index in [1.165, 1.54) is 24.3 Å². The Balaban J connectivity index is 1.62. The Morgan fingerprint density at radius 2 is 1.00 bits per heavy atom. The summed E-state index contributed by atoms with van der Waals surface area (Å²) < 4.78 is 0. The molecule has 0 heterocycles. The predicted molar refractivity (Wildman–Crippen MR) is 92.4 cm³/mol. The quantitative estimate of drug-likeness (QED) is 0.411. The monoisotopic (exact) mass is 330 g/mol. The summed E-state index contributed by atoms with van der Waals surface area (Å²) in [5, 5.41) is 27.5. The van der Waals surface area contributed by atoms with Crippen molar-refractivity contribution in [1.82, 2.24) is 0 Å². The van der Waals surface area contributed by atoms with Gasteiger partial charge >= 0.3 is 0 Å². The highest BCUT2D eigenvalue weighted by molar-refractivity contribution is 5.49. The molecule has 0 unspecified atom stereocenters. The molecule has 0 amide bonds. The fraction of sp³-hybridized carbons (Fsp3) is 0.250. The standard InChI is InChI=1S/C16H18N4O4/c21-19(22)15-7-3-13(4-8-15)17-11-1-2-12-18-14-5-9-16(10-6-14)20(23)24/h3-10,17-18H,1-2,11-12H2. The zero-order valence-electron chi connectivity index (χ0n) is 13.0. The van der Waals surface area contributed by atoms with Crippen LogP contribution in [0.15, 0.2) is 48.5 Å². The van der Waals surface area contributed by atoms with Crippen molar-refractivity contribution in [3.05, 3.63) is 68.8 Å². The number of nitro groups is 2. The van der Waals surface area contributed by atoms with Gasteiger partial charge in [-0.1, -0.05) is 0 Å². The molecule has 0 spiro atoms. The Kier molecular flexibility index (Phi) is 6.07. The van der Waals surface area contributed by atoms with Crippen molar-refractivity contribution in [2.75, 3.05) is 23.7 Å². The second-order valence-corrected chi connectivity index (χ2v) is 5.17. The first-order valence-corrected chi connectivity index (χ1v) is 7.53. The maximum absolute atomic E-state index is 10.6. The minimum absolute atomic E-state index is 0.0767. The first-order valence-electron chi connectivity index (χ1n) is 7.53. The van der Waals surface area contributed by atoms with Gasteiger partial charge in [-0.15, -0.1) is 0 Å². The number of nitro benzene ring substituents is 2. The average Bonchev–Trinajstić information content (AvgIpc) is 2.58. The van der Waals surface area contributed by atoms with Gasteiger partial charge in [-0.3, -0.25) is 20.2 Å². The average molecular weight is 330 g/mol. The summed E-state index contributed by atoms with van der Waals surface area (Å²) in [6, 6.07) is 12.6. The molecule has 2 rings (SSSR count). The molecule has 8 heteroatoms. The van der Waals surface area contributed by atoms with Crippen LogP contribution in [0.2, 0.25) is 0 Å². The maximum Gasteiger partial charge on any atom is 0.269 e. The fourth-order valence-corrected chi connectivity index (χ4v) is 2.12. The van der Waals surface area contributed by atoms with Crippen LogP contribution in [-0.4, -0.2) is 22.9 Å². The molecule has 8 nitrogen and oxygen atoms in total. The van der Waals surface area contributed by atoms with Gasteiger partial charge in [0, 0.05) is 48.7 Å². The Morgan fingerprint density at radius 3 is 1.29 bits per heavy atom. The van der Waals surface area contributed by atoms with Gasteiger partial charge in [-0.05, 0) is 37.1 Å². The summed E-state index contributed by atoms with van der Waals surface area (Å²) in [5.74, 6) is 0. The van der Waals surface area contributed by atoms with Crippen LogP contribution in [0.3, 0.4) is 0 Å². The normalized spacial score (nSPS) is 10.2. The van der Waals surface area contributed by atoms with Crippen molar-refractivity contribution in [2.24, 2.45) is 0 Å². The summed E-state index contributed by atoms with van der Waals surface area (Å²) >= 11 is 0. The lowest BCUT2D eigenvalue weighted by Crippen LogP contribution is -2.06. The summed E-state index contributed by atoms with van der Waals surface area (Å²) in [6.07, 6.45) is 1.86. The van der Waals surface area contributed by atoms with Crippen molar-refractivity contribution >= 4 is 22.7 Å². The molecule has 0 aliphatic heterocycles. The lowest BCUT2D eigenvalue weighted by atomic mass is 10.2. The van der Waals surface area contributed by atoms with Crippen molar-refractivity contribution in [1.29, 1.82) is 0 Å². The molecule has 0 bridgehead atoms. The van der Waals surface area contributed by atoms with Crippen LogP contribution < -0.4 is 10.6 Å². The largest absolute Gasteiger partial charge is 0.385 e. The van der Waals surface area contributed by atoms with Crippen LogP contribution in [0.1, 0.15) is 12.8 Å². The topological polar surface area (TPSA) is 110 Å². The van der Waals surface area contributed by atoms with E-state index in [9.17, 15) is 20.2 Å². The molecular formula is C16H18N4O4. The minimum atomic E-state index is -0.423. The number of nitrogens with one attached hydrogen (secondary N) is 2. The molecule has 2 N–H and O–H groups in total. The number of unbranched alkanes of at least 4 members (excludes halogenated alkanes) is 1. The zero-order chi connectivity index (χ0) is 17.4. The van der Waals surface area contributed by atoms with Gasteiger partial charge in [0.15, 0.2) is 0 Å². The molecule has 0 radical (unpaired) electrons. The highest BCUT2D eigenvalue weighted by Crippen LogP contribution is 2.16. The molecule has 0 aliphatic carbocycles. The third-order valence-corrected chi connectivity index (χ3v) is 3.42. The Morgan fingerprint density at radius 1 is 0.667 bits per heavy atom. The van der Waals surface area contributed by atoms with Gasteiger partial charge in [0.25, 0.3) is 11.4 Å². The van der Waals surface area contributed by atoms with Crippen LogP contribution in [0.25, 0.3) is 0 Å². The highest BCUT2D eigenvalue weighted by Gasteiger charge is 2.04. The molecule has 126 valence electrons. The number of non-ortho nitro benzene ring substituents is 2. The molecular weight excluding hydrogens is 312 g/mol. The van der Waals surface area contributed by atoms with Gasteiger partial charge < -0.3 is 10.6 Å². The van der Waals surface area contributed by atoms with Gasteiger partial charge in [0.2, 0.25) is 0 Å². The second-order valence-electron chi connectivity index (χ2n) is 5.17. The van der Waals surface area contributed by atoms with Crippen LogP contribution in [0.5, 0.6) is 0 Å². The summed E-state index contributed by atoms with van der Waals surface area (Å²) in [7, 11) is 0. The summed E-state index contributed by atoms with van der Waals surface area (Å²) in [4.78, 5) is 20.3. The van der Waals surface area contributed by atoms with Crippen molar-refractivity contribution in [3.63, 3.8) is 0 Å². The van der Waals surface area contributed by atoms with Gasteiger partial charge in [0.05, 0.1) is 9.85 Å². The first kappa shape index (κ1) is 17.2. The third-order valence-electron chi connectivity index (χ3n) is 3.42. The number of hydrogen-bond donors (Lipinski definition) is 2. The maximum atomic E-state index is 10.6. The van der Waals surface area contributed by atoms with E-state index >= 15 is 0 Å². The van der Waals surface area contributed by atoms with Crippen molar-refractivity contribution in [2.45, 2.75) is 12.8 Å². The Bertz CT molecular complexity index is 625. The van der Waals surface area contributed by atoms with Crippen molar-refractivity contribution in [3.8, 4) is 0 Å². The van der Waals surface area contributed by atoms with Gasteiger partial charge in [-0.2, -0.15) is 0 Å². The van der Waals surface area contributed by atoms with Crippen molar-refractivity contribution < 1.29 is 9.85 Å². The number of anilines is 2. The molecule has 0 saturated carbocycles. The number of hydrogen-bond acceptors (Lipinski definition) is 6. The molecule has 24 heavy (non-hydrogen) atoms. The molecule has 0 fully saturated rings. The SMILES string of the molecule is O=[N+]([O-])c1ccc(NCCCCNc2ccc([N+](=O)[O-])cc2)cc1. The van der Waals surface area contributed by atoms with Gasteiger partial charge in [0.1, 0.15) is 0 Å². The zero-order valence-corrected chi connectivity index (χ0v) is 13.0. The molecule has 2 aromatic carbocycles. The highest BCUT2D eigenvalue weighted by atomic mass is 16.6. The second kappa shape index (κ2) is 8.47. The van der Waals surface area contributed by atoms with E-state index in [1.807, 2.05) is 0 Å². The van der Waals surface area contributed by atoms with E-state index in [-0.39, 0.29) is 11.4 Å². The van der Waals surface area contributed by atoms with Gasteiger partial charge in [-0.25, -0.2) is 0 Å². The van der Waals surface area contributed by atoms with E-state index in [4.69, 9.17) is 0 Å². The van der Waals surface area contributed by atoms with E-state index in [2.05, 4.69) is 10.6 Å².